The summed E-state index contributed by atoms with van der Waals surface area (Å²) in [5, 5.41) is 5.09. The fourth-order valence-electron chi connectivity index (χ4n) is 4.13. The van der Waals surface area contributed by atoms with Crippen LogP contribution in [-0.2, 0) is 4.74 Å². The van der Waals surface area contributed by atoms with E-state index in [0.717, 1.165) is 82.2 Å². The molecule has 0 bridgehead atoms. The van der Waals surface area contributed by atoms with E-state index in [1.54, 1.807) is 6.20 Å². The normalized spacial score (nSPS) is 18.9. The van der Waals surface area contributed by atoms with E-state index >= 15 is 0 Å². The zero-order valence-corrected chi connectivity index (χ0v) is 17.3. The topological polar surface area (TPSA) is 60.9 Å². The van der Waals surface area contributed by atoms with Crippen LogP contribution in [0.15, 0.2) is 30.5 Å². The van der Waals surface area contributed by atoms with Gasteiger partial charge in [0.25, 0.3) is 5.91 Å². The standard InChI is InChI=1S/C22H31N5O2/c1-2-25-9-11-27(12-10-25)21-19-6-4-3-5-18(19)20(17-24-21)22(28)23-7-8-26-13-15-29-16-14-26/h3-6,17H,2,7-16H2,1H3,(H,23,28). The monoisotopic (exact) mass is 397 g/mol. The Bertz CT molecular complexity index is 829. The first-order chi connectivity index (χ1) is 14.3. The van der Waals surface area contributed by atoms with Crippen molar-refractivity contribution in [3.63, 3.8) is 0 Å². The van der Waals surface area contributed by atoms with Crippen molar-refractivity contribution in [2.24, 2.45) is 0 Å². The van der Waals surface area contributed by atoms with E-state index in [-0.39, 0.29) is 5.91 Å². The van der Waals surface area contributed by atoms with E-state index in [1.807, 2.05) is 18.2 Å². The van der Waals surface area contributed by atoms with Gasteiger partial charge in [-0.2, -0.15) is 0 Å². The molecule has 2 aliphatic rings. The molecule has 7 nitrogen and oxygen atoms in total. The number of anilines is 1. The lowest BCUT2D eigenvalue weighted by molar-refractivity contribution is 0.0383. The molecule has 2 fully saturated rings. The molecule has 1 N–H and O–H groups in total. The predicted octanol–water partition coefficient (Wildman–Crippen LogP) is 1.44. The summed E-state index contributed by atoms with van der Waals surface area (Å²) in [5.41, 5.74) is 0.651. The molecule has 2 aromatic rings. The van der Waals surface area contributed by atoms with Gasteiger partial charge in [-0.25, -0.2) is 4.98 Å². The van der Waals surface area contributed by atoms with Crippen LogP contribution in [0.25, 0.3) is 10.8 Å². The molecule has 0 aliphatic carbocycles. The van der Waals surface area contributed by atoms with E-state index in [9.17, 15) is 4.79 Å². The average molecular weight is 398 g/mol. The Morgan fingerprint density at radius 2 is 1.76 bits per heavy atom. The Morgan fingerprint density at radius 1 is 1.03 bits per heavy atom. The first kappa shape index (κ1) is 20.1. The number of rotatable bonds is 6. The predicted molar refractivity (Wildman–Crippen MR) is 116 cm³/mol. The number of nitrogens with one attached hydrogen (secondary N) is 1. The molecule has 0 spiro atoms. The number of fused-ring (bicyclic) bond motifs is 1. The number of ether oxygens (including phenoxy) is 1. The molecule has 156 valence electrons. The van der Waals surface area contributed by atoms with E-state index in [1.165, 1.54) is 0 Å². The molecule has 0 radical (unpaired) electrons. The maximum Gasteiger partial charge on any atom is 0.253 e. The number of likely N-dealkylation sites (N-methyl/N-ethyl adjacent to an activating group) is 1. The molecule has 29 heavy (non-hydrogen) atoms. The molecule has 1 aromatic carbocycles. The van der Waals surface area contributed by atoms with Crippen LogP contribution < -0.4 is 10.2 Å². The highest BCUT2D eigenvalue weighted by molar-refractivity contribution is 6.09. The van der Waals surface area contributed by atoms with E-state index < -0.39 is 0 Å². The highest BCUT2D eigenvalue weighted by Gasteiger charge is 2.21. The van der Waals surface area contributed by atoms with Gasteiger partial charge in [0.1, 0.15) is 5.82 Å². The van der Waals surface area contributed by atoms with Crippen molar-refractivity contribution in [2.75, 3.05) is 77.0 Å². The third kappa shape index (κ3) is 4.69. The van der Waals surface area contributed by atoms with Crippen molar-refractivity contribution in [1.29, 1.82) is 0 Å². The molecule has 7 heteroatoms. The molecular formula is C22H31N5O2. The number of morpholine rings is 1. The molecule has 0 atom stereocenters. The smallest absolute Gasteiger partial charge is 0.253 e. The average Bonchev–Trinajstić information content (AvgIpc) is 2.79. The van der Waals surface area contributed by atoms with Gasteiger partial charge in [0, 0.05) is 63.9 Å². The number of nitrogens with zero attached hydrogens (tertiary/aromatic N) is 4. The molecule has 3 heterocycles. The molecular weight excluding hydrogens is 366 g/mol. The third-order valence-corrected chi connectivity index (χ3v) is 5.96. The van der Waals surface area contributed by atoms with Gasteiger partial charge in [0.2, 0.25) is 0 Å². The van der Waals surface area contributed by atoms with Crippen molar-refractivity contribution >= 4 is 22.5 Å². The van der Waals surface area contributed by atoms with E-state index in [4.69, 9.17) is 9.72 Å². The quantitative estimate of drug-likeness (QED) is 0.796. The van der Waals surface area contributed by atoms with Crippen LogP contribution in [0.4, 0.5) is 5.82 Å². The van der Waals surface area contributed by atoms with Crippen molar-refractivity contribution in [1.82, 2.24) is 20.1 Å². The summed E-state index contributed by atoms with van der Waals surface area (Å²) in [5.74, 6) is 0.936. The van der Waals surface area contributed by atoms with E-state index in [2.05, 4.69) is 33.0 Å². The zero-order chi connectivity index (χ0) is 20.1. The molecule has 1 amide bonds. The van der Waals surface area contributed by atoms with Crippen LogP contribution in [0, 0.1) is 0 Å². The largest absolute Gasteiger partial charge is 0.379 e. The van der Waals surface area contributed by atoms with Gasteiger partial charge in [-0.15, -0.1) is 0 Å². The minimum absolute atomic E-state index is 0.0516. The van der Waals surface area contributed by atoms with Crippen LogP contribution in [-0.4, -0.2) is 92.8 Å². The van der Waals surface area contributed by atoms with Gasteiger partial charge >= 0.3 is 0 Å². The van der Waals surface area contributed by atoms with Gasteiger partial charge < -0.3 is 19.9 Å². The van der Waals surface area contributed by atoms with Crippen molar-refractivity contribution < 1.29 is 9.53 Å². The minimum Gasteiger partial charge on any atom is -0.379 e. The van der Waals surface area contributed by atoms with Crippen molar-refractivity contribution in [3.8, 4) is 0 Å². The number of carbonyl (C=O) groups is 1. The van der Waals surface area contributed by atoms with Gasteiger partial charge in [-0.3, -0.25) is 9.69 Å². The summed E-state index contributed by atoms with van der Waals surface area (Å²) < 4.78 is 5.37. The molecule has 0 unspecified atom stereocenters. The lowest BCUT2D eigenvalue weighted by Crippen LogP contribution is -2.46. The van der Waals surface area contributed by atoms with Gasteiger partial charge in [0.05, 0.1) is 18.8 Å². The second-order valence-corrected chi connectivity index (χ2v) is 7.67. The molecule has 2 aliphatic heterocycles. The lowest BCUT2D eigenvalue weighted by Gasteiger charge is -2.35. The summed E-state index contributed by atoms with van der Waals surface area (Å²) in [6.07, 6.45) is 1.74. The molecule has 2 saturated heterocycles. The number of pyridine rings is 1. The van der Waals surface area contributed by atoms with Gasteiger partial charge in [-0.1, -0.05) is 31.2 Å². The number of hydrogen-bond acceptors (Lipinski definition) is 6. The van der Waals surface area contributed by atoms with Crippen LogP contribution in [0.2, 0.25) is 0 Å². The number of benzene rings is 1. The Hall–Kier alpha value is -2.22. The Labute approximate surface area is 172 Å². The van der Waals surface area contributed by atoms with E-state index in [0.29, 0.717) is 12.1 Å². The second-order valence-electron chi connectivity index (χ2n) is 7.67. The number of hydrogen-bond donors (Lipinski definition) is 1. The SMILES string of the molecule is CCN1CCN(c2ncc(C(=O)NCCN3CCOCC3)c3ccccc23)CC1. The minimum atomic E-state index is -0.0516. The van der Waals surface area contributed by atoms with Crippen molar-refractivity contribution in [3.05, 3.63) is 36.0 Å². The Morgan fingerprint density at radius 3 is 2.48 bits per heavy atom. The summed E-state index contributed by atoms with van der Waals surface area (Å²) in [7, 11) is 0. The van der Waals surface area contributed by atoms with Crippen LogP contribution in [0.5, 0.6) is 0 Å². The maximum absolute atomic E-state index is 12.9. The van der Waals surface area contributed by atoms with Crippen LogP contribution in [0.1, 0.15) is 17.3 Å². The van der Waals surface area contributed by atoms with Crippen LogP contribution >= 0.6 is 0 Å². The summed E-state index contributed by atoms with van der Waals surface area (Å²) in [4.78, 5) is 24.7. The first-order valence-corrected chi connectivity index (χ1v) is 10.7. The lowest BCUT2D eigenvalue weighted by atomic mass is 10.1. The van der Waals surface area contributed by atoms with Gasteiger partial charge in [-0.05, 0) is 11.9 Å². The summed E-state index contributed by atoms with van der Waals surface area (Å²) in [6, 6.07) is 8.12. The fraction of sp³-hybridized carbons (Fsp3) is 0.545. The summed E-state index contributed by atoms with van der Waals surface area (Å²) in [6.45, 7) is 12.2. The fourth-order valence-corrected chi connectivity index (χ4v) is 4.13. The summed E-state index contributed by atoms with van der Waals surface area (Å²) >= 11 is 0. The molecule has 4 rings (SSSR count). The maximum atomic E-state index is 12.9. The third-order valence-electron chi connectivity index (χ3n) is 5.96. The first-order valence-electron chi connectivity index (χ1n) is 10.7. The number of carbonyl (C=O) groups excluding carboxylic acids is 1. The Balaban J connectivity index is 1.46. The van der Waals surface area contributed by atoms with Crippen molar-refractivity contribution in [2.45, 2.75) is 6.92 Å². The second kappa shape index (κ2) is 9.52. The highest BCUT2D eigenvalue weighted by atomic mass is 16.5. The number of piperazine rings is 1. The van der Waals surface area contributed by atoms with Crippen LogP contribution in [0.3, 0.4) is 0 Å². The molecule has 0 saturated carbocycles. The zero-order valence-electron chi connectivity index (χ0n) is 17.3. The molecule has 1 aromatic heterocycles. The van der Waals surface area contributed by atoms with Gasteiger partial charge in [0.15, 0.2) is 0 Å². The Kier molecular flexibility index (Phi) is 6.59. The number of amides is 1. The number of aromatic nitrogens is 1. The highest BCUT2D eigenvalue weighted by Crippen LogP contribution is 2.28.